The summed E-state index contributed by atoms with van der Waals surface area (Å²) in [4.78, 5) is 0. The minimum atomic E-state index is -0.00116. The number of halogens is 1. The molecule has 0 saturated heterocycles. The average Bonchev–Trinajstić information content (AvgIpc) is 2.33. The standard InChI is InChI=1S/C17H23F/c1-5-14-7-6-11(2)9-15(14)16-10-12(3)8-13(4)17(16)18/h8,10,14-15H,2,5-7,9H2,1,3-4H3. The van der Waals surface area contributed by atoms with Gasteiger partial charge in [-0.15, -0.1) is 0 Å². The third-order valence-electron chi connectivity index (χ3n) is 4.30. The van der Waals surface area contributed by atoms with E-state index >= 15 is 0 Å². The normalized spacial score (nSPS) is 24.3. The van der Waals surface area contributed by atoms with Crippen molar-refractivity contribution in [3.63, 3.8) is 0 Å². The van der Waals surface area contributed by atoms with Crippen molar-refractivity contribution in [3.05, 3.63) is 46.8 Å². The third-order valence-corrected chi connectivity index (χ3v) is 4.30. The molecule has 0 radical (unpaired) electrons. The van der Waals surface area contributed by atoms with Gasteiger partial charge in [0.1, 0.15) is 5.82 Å². The Labute approximate surface area is 110 Å². The molecule has 1 saturated carbocycles. The molecule has 2 atom stereocenters. The Bertz CT molecular complexity index is 459. The molecule has 18 heavy (non-hydrogen) atoms. The fraction of sp³-hybridized carbons (Fsp3) is 0.529. The zero-order valence-corrected chi connectivity index (χ0v) is 11.7. The van der Waals surface area contributed by atoms with Gasteiger partial charge >= 0.3 is 0 Å². The van der Waals surface area contributed by atoms with Gasteiger partial charge in [0.25, 0.3) is 0 Å². The Morgan fingerprint density at radius 3 is 2.72 bits per heavy atom. The van der Waals surface area contributed by atoms with Gasteiger partial charge in [0.05, 0.1) is 0 Å². The highest BCUT2D eigenvalue weighted by Gasteiger charge is 2.29. The molecular weight excluding hydrogens is 223 g/mol. The Balaban J connectivity index is 2.42. The van der Waals surface area contributed by atoms with Crippen molar-refractivity contribution in [2.75, 3.05) is 0 Å². The summed E-state index contributed by atoms with van der Waals surface area (Å²) in [6.07, 6.45) is 4.36. The van der Waals surface area contributed by atoms with E-state index in [-0.39, 0.29) is 5.82 Å². The van der Waals surface area contributed by atoms with E-state index in [1.807, 2.05) is 19.1 Å². The van der Waals surface area contributed by atoms with Gasteiger partial charge in [-0.25, -0.2) is 4.39 Å². The molecule has 1 fully saturated rings. The molecular formula is C17H23F. The van der Waals surface area contributed by atoms with E-state index < -0.39 is 0 Å². The summed E-state index contributed by atoms with van der Waals surface area (Å²) in [6.45, 7) is 10.2. The van der Waals surface area contributed by atoms with Crippen LogP contribution in [-0.4, -0.2) is 0 Å². The van der Waals surface area contributed by atoms with Crippen molar-refractivity contribution in [2.24, 2.45) is 5.92 Å². The average molecular weight is 246 g/mol. The molecule has 0 bridgehead atoms. The lowest BCUT2D eigenvalue weighted by Crippen LogP contribution is -2.19. The number of allylic oxidation sites excluding steroid dienone is 1. The highest BCUT2D eigenvalue weighted by atomic mass is 19.1. The van der Waals surface area contributed by atoms with E-state index in [1.54, 1.807) is 0 Å². The molecule has 0 N–H and O–H groups in total. The summed E-state index contributed by atoms with van der Waals surface area (Å²) >= 11 is 0. The first-order chi connectivity index (χ1) is 8.52. The second kappa shape index (κ2) is 5.26. The Morgan fingerprint density at radius 1 is 1.33 bits per heavy atom. The smallest absolute Gasteiger partial charge is 0.129 e. The zero-order chi connectivity index (χ0) is 13.3. The number of aryl methyl sites for hydroxylation is 2. The van der Waals surface area contributed by atoms with Crippen LogP contribution in [0.4, 0.5) is 4.39 Å². The van der Waals surface area contributed by atoms with Crippen molar-refractivity contribution in [2.45, 2.75) is 52.4 Å². The number of rotatable bonds is 2. The second-order valence-corrected chi connectivity index (χ2v) is 5.75. The maximum Gasteiger partial charge on any atom is 0.129 e. The van der Waals surface area contributed by atoms with Crippen LogP contribution in [0.25, 0.3) is 0 Å². The maximum atomic E-state index is 14.4. The first-order valence-electron chi connectivity index (χ1n) is 6.96. The fourth-order valence-corrected chi connectivity index (χ4v) is 3.28. The molecule has 0 heterocycles. The van der Waals surface area contributed by atoms with Gasteiger partial charge < -0.3 is 0 Å². The molecule has 1 aromatic carbocycles. The quantitative estimate of drug-likeness (QED) is 0.622. The van der Waals surface area contributed by atoms with Crippen LogP contribution in [0.3, 0.4) is 0 Å². The molecule has 1 aromatic rings. The van der Waals surface area contributed by atoms with Crippen LogP contribution in [0, 0.1) is 25.6 Å². The van der Waals surface area contributed by atoms with Crippen LogP contribution in [0.1, 0.15) is 55.2 Å². The molecule has 2 unspecified atom stereocenters. The fourth-order valence-electron chi connectivity index (χ4n) is 3.28. The molecule has 1 aliphatic carbocycles. The van der Waals surface area contributed by atoms with Gasteiger partial charge in [-0.05, 0) is 56.1 Å². The summed E-state index contributed by atoms with van der Waals surface area (Å²) < 4.78 is 14.4. The first kappa shape index (κ1) is 13.3. The van der Waals surface area contributed by atoms with Crippen LogP contribution in [0.15, 0.2) is 24.3 Å². The van der Waals surface area contributed by atoms with Crippen LogP contribution >= 0.6 is 0 Å². The molecule has 0 aromatic heterocycles. The van der Waals surface area contributed by atoms with Crippen molar-refractivity contribution >= 4 is 0 Å². The van der Waals surface area contributed by atoms with Gasteiger partial charge in [0.2, 0.25) is 0 Å². The molecule has 0 nitrogen and oxygen atoms in total. The monoisotopic (exact) mass is 246 g/mol. The predicted molar refractivity (Wildman–Crippen MR) is 75.4 cm³/mol. The van der Waals surface area contributed by atoms with E-state index in [2.05, 4.69) is 20.4 Å². The van der Waals surface area contributed by atoms with Gasteiger partial charge in [0, 0.05) is 0 Å². The Hall–Kier alpha value is -1.11. The van der Waals surface area contributed by atoms with Crippen molar-refractivity contribution in [1.82, 2.24) is 0 Å². The van der Waals surface area contributed by atoms with Gasteiger partial charge in [-0.2, -0.15) is 0 Å². The maximum absolute atomic E-state index is 14.4. The molecule has 0 aliphatic heterocycles. The van der Waals surface area contributed by atoms with E-state index in [0.717, 1.165) is 42.4 Å². The summed E-state index contributed by atoms with van der Waals surface area (Å²) in [5.74, 6) is 0.930. The molecule has 1 aliphatic rings. The minimum Gasteiger partial charge on any atom is -0.206 e. The van der Waals surface area contributed by atoms with Crippen LogP contribution in [0.2, 0.25) is 0 Å². The van der Waals surface area contributed by atoms with Crippen LogP contribution < -0.4 is 0 Å². The molecule has 0 amide bonds. The topological polar surface area (TPSA) is 0 Å². The van der Waals surface area contributed by atoms with E-state index in [9.17, 15) is 4.39 Å². The number of benzene rings is 1. The lowest BCUT2D eigenvalue weighted by molar-refractivity contribution is 0.335. The molecule has 0 spiro atoms. The molecule has 2 rings (SSSR count). The van der Waals surface area contributed by atoms with Gasteiger partial charge in [-0.1, -0.05) is 43.2 Å². The molecule has 98 valence electrons. The van der Waals surface area contributed by atoms with Crippen molar-refractivity contribution in [1.29, 1.82) is 0 Å². The Morgan fingerprint density at radius 2 is 2.06 bits per heavy atom. The molecule has 1 heteroatoms. The SMILES string of the molecule is C=C1CCC(CC)C(c2cc(C)cc(C)c2F)C1. The summed E-state index contributed by atoms with van der Waals surface area (Å²) in [5.41, 5.74) is 4.13. The minimum absolute atomic E-state index is 0.00116. The van der Waals surface area contributed by atoms with Crippen LogP contribution in [-0.2, 0) is 0 Å². The Kier molecular flexibility index (Phi) is 3.89. The van der Waals surface area contributed by atoms with Crippen LogP contribution in [0.5, 0.6) is 0 Å². The summed E-state index contributed by atoms with van der Waals surface area (Å²) in [6, 6.07) is 3.96. The van der Waals surface area contributed by atoms with E-state index in [0.29, 0.717) is 11.8 Å². The third kappa shape index (κ3) is 2.50. The second-order valence-electron chi connectivity index (χ2n) is 5.75. The number of hydrogen-bond acceptors (Lipinski definition) is 0. The van der Waals surface area contributed by atoms with E-state index in [4.69, 9.17) is 0 Å². The predicted octanol–water partition coefficient (Wildman–Crippen LogP) is 5.29. The van der Waals surface area contributed by atoms with Gasteiger partial charge in [-0.3, -0.25) is 0 Å². The lowest BCUT2D eigenvalue weighted by atomic mass is 9.72. The highest BCUT2D eigenvalue weighted by Crippen LogP contribution is 2.42. The highest BCUT2D eigenvalue weighted by molar-refractivity contribution is 5.34. The summed E-state index contributed by atoms with van der Waals surface area (Å²) in [7, 11) is 0. The largest absolute Gasteiger partial charge is 0.206 e. The van der Waals surface area contributed by atoms with Gasteiger partial charge in [0.15, 0.2) is 0 Å². The lowest BCUT2D eigenvalue weighted by Gasteiger charge is -2.33. The van der Waals surface area contributed by atoms with Crippen molar-refractivity contribution < 1.29 is 4.39 Å². The summed E-state index contributed by atoms with van der Waals surface area (Å²) in [5, 5.41) is 0. The van der Waals surface area contributed by atoms with Crippen molar-refractivity contribution in [3.8, 4) is 0 Å². The first-order valence-corrected chi connectivity index (χ1v) is 6.96. The number of hydrogen-bond donors (Lipinski definition) is 0. The van der Waals surface area contributed by atoms with E-state index in [1.165, 1.54) is 5.57 Å². The zero-order valence-electron chi connectivity index (χ0n) is 11.7.